The van der Waals surface area contributed by atoms with Gasteiger partial charge in [-0.05, 0) is 50.5 Å². The molecule has 5 heteroatoms. The first-order valence-corrected chi connectivity index (χ1v) is 10.4. The van der Waals surface area contributed by atoms with Crippen molar-refractivity contribution in [3.05, 3.63) is 77.0 Å². The average Bonchev–Trinajstić information content (AvgIpc) is 2.75. The van der Waals surface area contributed by atoms with E-state index in [1.54, 1.807) is 4.90 Å². The zero-order valence-corrected chi connectivity index (χ0v) is 17.5. The van der Waals surface area contributed by atoms with Crippen molar-refractivity contribution >= 4 is 16.8 Å². The van der Waals surface area contributed by atoms with E-state index in [1.165, 1.54) is 0 Å². The van der Waals surface area contributed by atoms with Gasteiger partial charge in [0.2, 0.25) is 0 Å². The first-order valence-electron chi connectivity index (χ1n) is 10.4. The maximum absolute atomic E-state index is 13.4. The minimum absolute atomic E-state index is 0.0961. The summed E-state index contributed by atoms with van der Waals surface area (Å²) in [6.07, 6.45) is 0.298. The molecule has 4 rings (SSSR count). The molecule has 2 atom stereocenters. The fourth-order valence-electron chi connectivity index (χ4n) is 4.49. The van der Waals surface area contributed by atoms with Gasteiger partial charge >= 0.3 is 0 Å². The van der Waals surface area contributed by atoms with E-state index in [9.17, 15) is 15.0 Å². The number of rotatable bonds is 4. The van der Waals surface area contributed by atoms with E-state index < -0.39 is 11.5 Å². The summed E-state index contributed by atoms with van der Waals surface area (Å²) in [5.74, 6) is -0.0961. The first-order chi connectivity index (χ1) is 14.4. The van der Waals surface area contributed by atoms with Crippen LogP contribution in [0.5, 0.6) is 0 Å². The van der Waals surface area contributed by atoms with Crippen molar-refractivity contribution in [2.75, 3.05) is 19.7 Å². The summed E-state index contributed by atoms with van der Waals surface area (Å²) >= 11 is 0. The number of aryl methyl sites for hydroxylation is 2. The molecule has 156 valence electrons. The van der Waals surface area contributed by atoms with Crippen molar-refractivity contribution in [1.82, 2.24) is 9.88 Å². The third-order valence-electron chi connectivity index (χ3n) is 6.28. The smallest absolute Gasteiger partial charge is 0.255 e. The number of fused-ring (bicyclic) bond motifs is 1. The van der Waals surface area contributed by atoms with Gasteiger partial charge in [0.25, 0.3) is 5.91 Å². The van der Waals surface area contributed by atoms with Crippen LogP contribution in [0.15, 0.2) is 54.6 Å². The summed E-state index contributed by atoms with van der Waals surface area (Å²) < 4.78 is 0. The molecule has 1 fully saturated rings. The molecule has 2 N–H and O–H groups in total. The van der Waals surface area contributed by atoms with E-state index in [-0.39, 0.29) is 12.5 Å². The van der Waals surface area contributed by atoms with Crippen LogP contribution in [0.4, 0.5) is 0 Å². The summed E-state index contributed by atoms with van der Waals surface area (Å²) in [5.41, 5.74) is 3.53. The van der Waals surface area contributed by atoms with Crippen LogP contribution in [0.3, 0.4) is 0 Å². The first kappa shape index (κ1) is 20.5. The number of carbonyl (C=O) groups excluding carboxylic acids is 1. The van der Waals surface area contributed by atoms with Crippen LogP contribution in [-0.4, -0.2) is 51.8 Å². The molecule has 0 spiro atoms. The number of nitrogens with zero attached hydrogens (tertiary/aromatic N) is 2. The number of aliphatic hydroxyl groups excluding tert-OH is 2. The fraction of sp³-hybridized carbons (Fsp3) is 0.360. The van der Waals surface area contributed by atoms with E-state index >= 15 is 0 Å². The van der Waals surface area contributed by atoms with Crippen LogP contribution >= 0.6 is 0 Å². The number of amides is 1. The maximum atomic E-state index is 13.4. The lowest BCUT2D eigenvalue weighted by Gasteiger charge is -2.45. The maximum Gasteiger partial charge on any atom is 0.255 e. The van der Waals surface area contributed by atoms with Crippen LogP contribution in [0.2, 0.25) is 0 Å². The second kappa shape index (κ2) is 8.17. The summed E-state index contributed by atoms with van der Waals surface area (Å²) in [7, 11) is 0. The number of aliphatic hydroxyl groups is 2. The molecule has 30 heavy (non-hydrogen) atoms. The van der Waals surface area contributed by atoms with Gasteiger partial charge in [-0.15, -0.1) is 0 Å². The molecule has 0 saturated carbocycles. The Bertz CT molecular complexity index is 1070. The molecule has 1 amide bonds. The summed E-state index contributed by atoms with van der Waals surface area (Å²) in [6.45, 7) is 4.47. The SMILES string of the molecule is Cc1ccc2nc(C)c(C(=O)N3CC[C@@H](O)[C@@](CO)(Cc4ccccc4)C3)cc2c1. The number of pyridine rings is 1. The van der Waals surface area contributed by atoms with E-state index in [0.717, 1.165) is 22.0 Å². The number of piperidine rings is 1. The third kappa shape index (κ3) is 3.83. The van der Waals surface area contributed by atoms with Crippen LogP contribution in [0.1, 0.15) is 33.6 Å². The molecular formula is C25H28N2O3. The van der Waals surface area contributed by atoms with Crippen molar-refractivity contribution < 1.29 is 15.0 Å². The number of hydrogen-bond donors (Lipinski definition) is 2. The quantitative estimate of drug-likeness (QED) is 0.700. The lowest BCUT2D eigenvalue weighted by molar-refractivity contribution is -0.0668. The highest BCUT2D eigenvalue weighted by Crippen LogP contribution is 2.35. The van der Waals surface area contributed by atoms with Gasteiger partial charge in [-0.25, -0.2) is 0 Å². The number of carbonyl (C=O) groups is 1. The van der Waals surface area contributed by atoms with Gasteiger partial charge in [0.15, 0.2) is 0 Å². The molecule has 1 saturated heterocycles. The Morgan fingerprint density at radius 3 is 2.67 bits per heavy atom. The standard InChI is InChI=1S/C25H28N2O3/c1-17-8-9-22-20(12-17)13-21(18(2)26-22)24(30)27-11-10-23(29)25(15-27,16-28)14-19-6-4-3-5-7-19/h3-9,12-13,23,28-29H,10-11,14-16H2,1-2H3/t23-,25+/m1/s1. The highest BCUT2D eigenvalue weighted by Gasteiger charge is 2.44. The summed E-state index contributed by atoms with van der Waals surface area (Å²) in [5, 5.41) is 22.0. The molecule has 1 aromatic heterocycles. The van der Waals surface area contributed by atoms with E-state index in [4.69, 9.17) is 0 Å². The normalized spacial score (nSPS) is 21.7. The molecule has 0 radical (unpaired) electrons. The summed E-state index contributed by atoms with van der Waals surface area (Å²) in [4.78, 5) is 19.8. The van der Waals surface area contributed by atoms with Crippen molar-refractivity contribution in [1.29, 1.82) is 0 Å². The Morgan fingerprint density at radius 2 is 1.93 bits per heavy atom. The highest BCUT2D eigenvalue weighted by molar-refractivity contribution is 5.98. The number of aromatic nitrogens is 1. The van der Waals surface area contributed by atoms with Crippen molar-refractivity contribution in [3.8, 4) is 0 Å². The Morgan fingerprint density at radius 1 is 1.17 bits per heavy atom. The number of likely N-dealkylation sites (tertiary alicyclic amines) is 1. The van der Waals surface area contributed by atoms with Crippen LogP contribution in [-0.2, 0) is 6.42 Å². The molecule has 5 nitrogen and oxygen atoms in total. The lowest BCUT2D eigenvalue weighted by atomic mass is 9.73. The monoisotopic (exact) mass is 404 g/mol. The Hall–Kier alpha value is -2.76. The van der Waals surface area contributed by atoms with Gasteiger partial charge in [0, 0.05) is 23.9 Å². The van der Waals surface area contributed by atoms with Gasteiger partial charge in [0.05, 0.1) is 29.5 Å². The van der Waals surface area contributed by atoms with E-state index in [0.29, 0.717) is 37.2 Å². The minimum atomic E-state index is -0.774. The highest BCUT2D eigenvalue weighted by atomic mass is 16.3. The molecule has 0 bridgehead atoms. The van der Waals surface area contributed by atoms with E-state index in [1.807, 2.05) is 68.4 Å². The van der Waals surface area contributed by atoms with Gasteiger partial charge in [-0.2, -0.15) is 0 Å². The zero-order chi connectivity index (χ0) is 21.3. The lowest BCUT2D eigenvalue weighted by Crippen LogP contribution is -2.56. The predicted molar refractivity (Wildman–Crippen MR) is 117 cm³/mol. The Labute approximate surface area is 177 Å². The minimum Gasteiger partial charge on any atom is -0.396 e. The van der Waals surface area contributed by atoms with Gasteiger partial charge in [-0.1, -0.05) is 42.0 Å². The molecule has 0 unspecified atom stereocenters. The van der Waals surface area contributed by atoms with Gasteiger partial charge < -0.3 is 15.1 Å². The third-order valence-corrected chi connectivity index (χ3v) is 6.28. The van der Waals surface area contributed by atoms with Crippen molar-refractivity contribution in [3.63, 3.8) is 0 Å². The van der Waals surface area contributed by atoms with E-state index in [2.05, 4.69) is 4.98 Å². The topological polar surface area (TPSA) is 73.7 Å². The predicted octanol–water partition coefficient (Wildman–Crippen LogP) is 3.28. The zero-order valence-electron chi connectivity index (χ0n) is 17.5. The molecule has 3 aromatic rings. The van der Waals surface area contributed by atoms with Crippen molar-refractivity contribution in [2.45, 2.75) is 32.8 Å². The van der Waals surface area contributed by atoms with Gasteiger partial charge in [0.1, 0.15) is 0 Å². The van der Waals surface area contributed by atoms with Crippen LogP contribution in [0, 0.1) is 19.3 Å². The Kier molecular flexibility index (Phi) is 5.58. The molecule has 0 aliphatic carbocycles. The molecule has 2 heterocycles. The summed E-state index contributed by atoms with van der Waals surface area (Å²) in [6, 6.07) is 17.8. The second-order valence-electron chi connectivity index (χ2n) is 8.53. The average molecular weight is 405 g/mol. The molecular weight excluding hydrogens is 376 g/mol. The van der Waals surface area contributed by atoms with Crippen LogP contribution in [0.25, 0.3) is 10.9 Å². The molecule has 1 aliphatic rings. The number of benzene rings is 2. The Balaban J connectivity index is 1.64. The van der Waals surface area contributed by atoms with Crippen molar-refractivity contribution in [2.24, 2.45) is 5.41 Å². The van der Waals surface area contributed by atoms with Crippen LogP contribution < -0.4 is 0 Å². The number of hydrogen-bond acceptors (Lipinski definition) is 4. The fourth-order valence-corrected chi connectivity index (χ4v) is 4.49. The van der Waals surface area contributed by atoms with Gasteiger partial charge in [-0.3, -0.25) is 9.78 Å². The molecule has 1 aliphatic heterocycles. The molecule has 2 aromatic carbocycles. The largest absolute Gasteiger partial charge is 0.396 e. The second-order valence-corrected chi connectivity index (χ2v) is 8.53.